The lowest BCUT2D eigenvalue weighted by Gasteiger charge is -2.28. The van der Waals surface area contributed by atoms with Crippen LogP contribution in [0.1, 0.15) is 0 Å². The molecule has 0 aliphatic carbocycles. The van der Waals surface area contributed by atoms with Gasteiger partial charge in [-0.3, -0.25) is 0 Å². The molecule has 1 saturated heterocycles. The minimum atomic E-state index is 0.713. The molecule has 4 rings (SSSR count). The van der Waals surface area contributed by atoms with Crippen molar-refractivity contribution < 1.29 is 0 Å². The first-order valence-electron chi connectivity index (χ1n) is 7.80. The van der Waals surface area contributed by atoms with E-state index in [1.807, 2.05) is 35.8 Å². The van der Waals surface area contributed by atoms with Gasteiger partial charge in [-0.05, 0) is 23.7 Å². The molecule has 0 atom stereocenters. The number of rotatable bonds is 3. The van der Waals surface area contributed by atoms with Gasteiger partial charge < -0.3 is 10.2 Å². The molecule has 5 nitrogen and oxygen atoms in total. The van der Waals surface area contributed by atoms with Crippen LogP contribution < -0.4 is 10.2 Å². The van der Waals surface area contributed by atoms with Crippen molar-refractivity contribution in [2.45, 2.75) is 0 Å². The van der Waals surface area contributed by atoms with Crippen molar-refractivity contribution in [1.82, 2.24) is 19.7 Å². The molecule has 1 aromatic carbocycles. The second kappa shape index (κ2) is 6.84. The van der Waals surface area contributed by atoms with Crippen LogP contribution in [0, 0.1) is 0 Å². The van der Waals surface area contributed by atoms with E-state index in [4.69, 9.17) is 21.6 Å². The van der Waals surface area contributed by atoms with Gasteiger partial charge in [0.05, 0.1) is 17.5 Å². The third-order valence-electron chi connectivity index (χ3n) is 3.98. The molecule has 0 radical (unpaired) electrons. The number of hydrogen-bond donors (Lipinski definition) is 1. The second-order valence-electron chi connectivity index (χ2n) is 5.59. The van der Waals surface area contributed by atoms with E-state index in [-0.39, 0.29) is 0 Å². The number of benzene rings is 1. The molecule has 122 valence electrons. The molecule has 0 saturated carbocycles. The van der Waals surface area contributed by atoms with Crippen LogP contribution in [0.4, 0.5) is 5.82 Å². The van der Waals surface area contributed by atoms with E-state index >= 15 is 0 Å². The fourth-order valence-corrected chi connectivity index (χ4v) is 3.34. The topological polar surface area (TPSA) is 53.9 Å². The number of nitrogens with zero attached hydrogens (tertiary/aromatic N) is 4. The summed E-state index contributed by atoms with van der Waals surface area (Å²) in [6.07, 6.45) is 1.81. The average molecular weight is 358 g/mol. The molecule has 7 heteroatoms. The Balaban J connectivity index is 1.80. The van der Waals surface area contributed by atoms with E-state index in [9.17, 15) is 0 Å². The van der Waals surface area contributed by atoms with Crippen LogP contribution >= 0.6 is 23.1 Å². The lowest BCUT2D eigenvalue weighted by atomic mass is 10.1. The summed E-state index contributed by atoms with van der Waals surface area (Å²) in [6, 6.07) is 9.80. The van der Waals surface area contributed by atoms with Crippen molar-refractivity contribution in [3.63, 3.8) is 0 Å². The molecule has 0 unspecified atom stereocenters. The van der Waals surface area contributed by atoms with E-state index in [0.29, 0.717) is 5.82 Å². The van der Waals surface area contributed by atoms with Gasteiger partial charge in [-0.1, -0.05) is 23.7 Å². The lowest BCUT2D eigenvalue weighted by Crippen LogP contribution is -2.44. The van der Waals surface area contributed by atoms with E-state index in [1.54, 1.807) is 0 Å². The molecule has 1 fully saturated rings. The van der Waals surface area contributed by atoms with E-state index < -0.39 is 0 Å². The Kier molecular flexibility index (Phi) is 4.42. The summed E-state index contributed by atoms with van der Waals surface area (Å²) >= 11 is 7.42. The molecule has 1 N–H and O–H groups in total. The highest BCUT2D eigenvalue weighted by Gasteiger charge is 2.16. The van der Waals surface area contributed by atoms with Crippen molar-refractivity contribution in [2.75, 3.05) is 31.1 Å². The van der Waals surface area contributed by atoms with Crippen LogP contribution in [0.5, 0.6) is 0 Å². The van der Waals surface area contributed by atoms with Crippen molar-refractivity contribution in [3.05, 3.63) is 46.9 Å². The lowest BCUT2D eigenvalue weighted by molar-refractivity contribution is 0.585. The van der Waals surface area contributed by atoms with Gasteiger partial charge in [-0.15, -0.1) is 0 Å². The quantitative estimate of drug-likeness (QED) is 0.779. The number of piperazine rings is 1. The first-order valence-corrected chi connectivity index (χ1v) is 9.01. The smallest absolute Gasteiger partial charge is 0.164 e. The highest BCUT2D eigenvalue weighted by Crippen LogP contribution is 2.27. The Morgan fingerprint density at radius 3 is 2.54 bits per heavy atom. The summed E-state index contributed by atoms with van der Waals surface area (Å²) in [5, 5.41) is 6.07. The number of anilines is 1. The van der Waals surface area contributed by atoms with E-state index in [0.717, 1.165) is 53.8 Å². The fraction of sp³-hybridized carbons (Fsp3) is 0.235. The molecule has 2 aromatic heterocycles. The Hall–Kier alpha value is -2.02. The van der Waals surface area contributed by atoms with Gasteiger partial charge in [-0.2, -0.15) is 0 Å². The van der Waals surface area contributed by atoms with Crippen molar-refractivity contribution in [3.8, 4) is 22.6 Å². The first-order chi connectivity index (χ1) is 11.8. The molecule has 1 aliphatic rings. The number of aromatic nitrogens is 3. The molecule has 0 amide bonds. The summed E-state index contributed by atoms with van der Waals surface area (Å²) in [4.78, 5) is 11.8. The van der Waals surface area contributed by atoms with Crippen molar-refractivity contribution >= 4 is 29.0 Å². The van der Waals surface area contributed by atoms with Gasteiger partial charge >= 0.3 is 0 Å². The predicted octanol–water partition coefficient (Wildman–Crippen LogP) is 3.33. The summed E-state index contributed by atoms with van der Waals surface area (Å²) in [7, 11) is 0. The number of nitrogens with one attached hydrogen (secondary N) is 1. The highest BCUT2D eigenvalue weighted by molar-refractivity contribution is 7.03. The SMILES string of the molecule is Clc1ccc(-c2cc(N3CCNCC3)nc(-c3cnsc3)n2)cc1. The van der Waals surface area contributed by atoms with Crippen molar-refractivity contribution in [1.29, 1.82) is 0 Å². The van der Waals surface area contributed by atoms with Crippen LogP contribution in [-0.2, 0) is 0 Å². The largest absolute Gasteiger partial charge is 0.354 e. The normalized spacial score (nSPS) is 14.8. The monoisotopic (exact) mass is 357 g/mol. The molecular formula is C17H16ClN5S. The van der Waals surface area contributed by atoms with Crippen LogP contribution in [-0.4, -0.2) is 40.5 Å². The highest BCUT2D eigenvalue weighted by atomic mass is 35.5. The number of hydrogen-bond acceptors (Lipinski definition) is 6. The van der Waals surface area contributed by atoms with Crippen molar-refractivity contribution in [2.24, 2.45) is 0 Å². The second-order valence-corrected chi connectivity index (χ2v) is 6.69. The van der Waals surface area contributed by atoms with Gasteiger partial charge in [0.15, 0.2) is 5.82 Å². The van der Waals surface area contributed by atoms with E-state index in [1.165, 1.54) is 11.5 Å². The minimum absolute atomic E-state index is 0.713. The third-order valence-corrected chi connectivity index (χ3v) is 4.82. The summed E-state index contributed by atoms with van der Waals surface area (Å²) in [5.74, 6) is 1.67. The Morgan fingerprint density at radius 1 is 1.04 bits per heavy atom. The average Bonchev–Trinajstić information content (AvgIpc) is 3.17. The minimum Gasteiger partial charge on any atom is -0.354 e. The third kappa shape index (κ3) is 3.26. The molecule has 24 heavy (non-hydrogen) atoms. The molecular weight excluding hydrogens is 342 g/mol. The molecule has 3 heterocycles. The summed E-state index contributed by atoms with van der Waals surface area (Å²) in [6.45, 7) is 3.82. The van der Waals surface area contributed by atoms with Crippen LogP contribution in [0.2, 0.25) is 5.02 Å². The van der Waals surface area contributed by atoms with Crippen LogP contribution in [0.25, 0.3) is 22.6 Å². The van der Waals surface area contributed by atoms with E-state index in [2.05, 4.69) is 20.7 Å². The maximum atomic E-state index is 6.01. The zero-order chi connectivity index (χ0) is 16.4. The predicted molar refractivity (Wildman–Crippen MR) is 98.7 cm³/mol. The molecule has 0 bridgehead atoms. The van der Waals surface area contributed by atoms with Gasteiger partial charge in [0, 0.05) is 48.2 Å². The van der Waals surface area contributed by atoms with Crippen LogP contribution in [0.15, 0.2) is 41.9 Å². The fourth-order valence-electron chi connectivity index (χ4n) is 2.70. The standard InChI is InChI=1S/C17H16ClN5S/c18-14-3-1-12(2-4-14)15-9-16(23-7-5-19-6-8-23)22-17(21-15)13-10-20-24-11-13/h1-4,9-11,19H,5-8H2. The number of halogens is 1. The van der Waals surface area contributed by atoms with Crippen LogP contribution in [0.3, 0.4) is 0 Å². The first kappa shape index (κ1) is 15.5. The molecule has 1 aliphatic heterocycles. The Bertz CT molecular complexity index is 814. The zero-order valence-corrected chi connectivity index (χ0v) is 14.5. The Morgan fingerprint density at radius 2 is 1.83 bits per heavy atom. The van der Waals surface area contributed by atoms with Gasteiger partial charge in [0.25, 0.3) is 0 Å². The summed E-state index contributed by atoms with van der Waals surface area (Å²) in [5.41, 5.74) is 2.88. The van der Waals surface area contributed by atoms with Gasteiger partial charge in [0.2, 0.25) is 0 Å². The summed E-state index contributed by atoms with van der Waals surface area (Å²) < 4.78 is 4.18. The van der Waals surface area contributed by atoms with Gasteiger partial charge in [0.1, 0.15) is 5.82 Å². The maximum Gasteiger partial charge on any atom is 0.164 e. The maximum absolute atomic E-state index is 6.01. The molecule has 0 spiro atoms. The Labute approximate surface area is 149 Å². The zero-order valence-electron chi connectivity index (χ0n) is 12.9. The van der Waals surface area contributed by atoms with Gasteiger partial charge in [-0.25, -0.2) is 14.3 Å². The molecule has 3 aromatic rings.